The van der Waals surface area contributed by atoms with Crippen LogP contribution in [-0.2, 0) is 0 Å². The van der Waals surface area contributed by atoms with Gasteiger partial charge in [0.1, 0.15) is 34.4 Å². The van der Waals surface area contributed by atoms with Crippen LogP contribution in [0.5, 0.6) is 11.5 Å². The van der Waals surface area contributed by atoms with Crippen molar-refractivity contribution in [1.29, 1.82) is 0 Å². The molecule has 0 unspecified atom stereocenters. The largest absolute Gasteiger partial charge is 0.618 e. The van der Waals surface area contributed by atoms with Gasteiger partial charge in [-0.3, -0.25) is 9.36 Å². The number of rotatable bonds is 7. The van der Waals surface area contributed by atoms with Crippen molar-refractivity contribution in [3.8, 4) is 28.7 Å². The van der Waals surface area contributed by atoms with Gasteiger partial charge in [-0.2, -0.15) is 4.73 Å². The third-order valence-corrected chi connectivity index (χ3v) is 6.85. The van der Waals surface area contributed by atoms with Crippen molar-refractivity contribution in [2.75, 3.05) is 6.61 Å². The Hall–Kier alpha value is -5.13. The van der Waals surface area contributed by atoms with Crippen LogP contribution in [0.2, 0.25) is 0 Å². The molecule has 12 heteroatoms. The first-order chi connectivity index (χ1) is 19.4. The summed E-state index contributed by atoms with van der Waals surface area (Å²) in [6.45, 7) is 2.39. The smallest absolute Gasteiger partial charge is 0.317 e. The van der Waals surface area contributed by atoms with Crippen LogP contribution in [0.1, 0.15) is 42.0 Å². The van der Waals surface area contributed by atoms with E-state index in [1.165, 1.54) is 24.4 Å². The first kappa shape index (κ1) is 25.2. The number of benzene rings is 1. The second-order valence-electron chi connectivity index (χ2n) is 9.43. The van der Waals surface area contributed by atoms with Crippen molar-refractivity contribution >= 4 is 16.9 Å². The molecule has 0 aliphatic heterocycles. The average Bonchev–Trinajstić information content (AvgIpc) is 3.36. The molecule has 4 aromatic heterocycles. The van der Waals surface area contributed by atoms with Crippen molar-refractivity contribution in [3.05, 3.63) is 89.5 Å². The zero-order valence-electron chi connectivity index (χ0n) is 21.4. The van der Waals surface area contributed by atoms with E-state index in [0.29, 0.717) is 58.5 Å². The maximum atomic E-state index is 15.0. The summed E-state index contributed by atoms with van der Waals surface area (Å²) in [7, 11) is 0. The van der Waals surface area contributed by atoms with Crippen LogP contribution < -0.4 is 14.8 Å². The summed E-state index contributed by atoms with van der Waals surface area (Å²) in [5.74, 6) is 0.278. The summed E-state index contributed by atoms with van der Waals surface area (Å²) in [4.78, 5) is 21.4. The summed E-state index contributed by atoms with van der Waals surface area (Å²) < 4.78 is 22.6. The summed E-state index contributed by atoms with van der Waals surface area (Å²) in [6.07, 6.45) is 3.85. The second kappa shape index (κ2) is 10.2. The highest BCUT2D eigenvalue weighted by atomic mass is 19.1. The lowest BCUT2D eigenvalue weighted by Gasteiger charge is -2.35. The van der Waals surface area contributed by atoms with Gasteiger partial charge in [-0.05, 0) is 50.1 Å². The van der Waals surface area contributed by atoms with Crippen LogP contribution in [0.15, 0.2) is 67.0 Å². The van der Waals surface area contributed by atoms with E-state index < -0.39 is 11.7 Å². The number of carbonyl (C=O) groups excluding carboxylic acids is 1. The van der Waals surface area contributed by atoms with Gasteiger partial charge in [-0.25, -0.2) is 14.4 Å². The molecule has 40 heavy (non-hydrogen) atoms. The van der Waals surface area contributed by atoms with E-state index in [-0.39, 0.29) is 28.9 Å². The zero-order valence-corrected chi connectivity index (χ0v) is 21.4. The topological polar surface area (TPSA) is 142 Å². The Labute approximate surface area is 227 Å². The van der Waals surface area contributed by atoms with Gasteiger partial charge in [0.2, 0.25) is 5.52 Å². The Morgan fingerprint density at radius 2 is 1.98 bits per heavy atom. The van der Waals surface area contributed by atoms with Gasteiger partial charge in [0.25, 0.3) is 5.69 Å². The van der Waals surface area contributed by atoms with E-state index in [4.69, 9.17) is 4.74 Å². The molecule has 11 nitrogen and oxygen atoms in total. The van der Waals surface area contributed by atoms with Gasteiger partial charge in [-0.15, -0.1) is 10.2 Å². The highest BCUT2D eigenvalue weighted by molar-refractivity contribution is 5.92. The normalized spacial score (nSPS) is 16.4. The van der Waals surface area contributed by atoms with E-state index in [1.54, 1.807) is 47.2 Å². The van der Waals surface area contributed by atoms with Crippen molar-refractivity contribution in [2.45, 2.75) is 31.7 Å². The minimum atomic E-state index is -0.543. The number of pyridine rings is 3. The Morgan fingerprint density at radius 3 is 2.73 bits per heavy atom. The lowest BCUT2D eigenvalue weighted by Crippen LogP contribution is -2.48. The van der Waals surface area contributed by atoms with Gasteiger partial charge < -0.3 is 20.4 Å². The third kappa shape index (κ3) is 4.53. The predicted octanol–water partition coefficient (Wildman–Crippen LogP) is 3.43. The van der Waals surface area contributed by atoms with Crippen LogP contribution in [0, 0.1) is 11.0 Å². The van der Waals surface area contributed by atoms with E-state index in [0.717, 1.165) is 0 Å². The molecule has 1 fully saturated rings. The standard InChI is InChI=1S/C28H24FN7O4/c1-2-40-19-7-8-22(31-15-19)27-34-33-26(35(27)23-6-4-3-5-20(23)29)16-11-17(12-16)32-28(38)24-10-9-21-25(36(24)39)13-18(37)14-30-21/h3-10,13-17,37H,2,11-12H2,1H3,(H,32,38)/t16-,17-. The molecule has 1 amide bonds. The monoisotopic (exact) mass is 541 g/mol. The molecule has 0 bridgehead atoms. The number of aromatic nitrogens is 6. The number of hydrogen-bond acceptors (Lipinski definition) is 8. The number of nitrogens with zero attached hydrogens (tertiary/aromatic N) is 6. The van der Waals surface area contributed by atoms with Gasteiger partial charge in [-0.1, -0.05) is 12.1 Å². The Kier molecular flexibility index (Phi) is 6.42. The molecule has 1 aliphatic rings. The highest BCUT2D eigenvalue weighted by Crippen LogP contribution is 2.39. The van der Waals surface area contributed by atoms with Crippen LogP contribution in [0.25, 0.3) is 28.2 Å². The van der Waals surface area contributed by atoms with E-state index >= 15 is 0 Å². The maximum absolute atomic E-state index is 15.0. The van der Waals surface area contributed by atoms with Crippen LogP contribution in [0.4, 0.5) is 4.39 Å². The number of para-hydroxylation sites is 1. The molecular formula is C28H24FN7O4. The zero-order chi connectivity index (χ0) is 27.8. The molecule has 0 spiro atoms. The van der Waals surface area contributed by atoms with Gasteiger partial charge >= 0.3 is 5.91 Å². The van der Waals surface area contributed by atoms with E-state index in [2.05, 4.69) is 25.5 Å². The number of fused-ring (bicyclic) bond motifs is 1. The van der Waals surface area contributed by atoms with Gasteiger partial charge in [0, 0.05) is 18.0 Å². The number of nitrogens with one attached hydrogen (secondary N) is 1. The summed E-state index contributed by atoms with van der Waals surface area (Å²) in [5, 5.41) is 34.1. The summed E-state index contributed by atoms with van der Waals surface area (Å²) in [5.41, 5.74) is 1.14. The van der Waals surface area contributed by atoms with Crippen molar-refractivity contribution in [3.63, 3.8) is 0 Å². The fourth-order valence-corrected chi connectivity index (χ4v) is 4.84. The number of halogens is 1. The van der Waals surface area contributed by atoms with Crippen molar-refractivity contribution in [1.82, 2.24) is 30.0 Å². The minimum absolute atomic E-state index is 0.0903. The van der Waals surface area contributed by atoms with Crippen LogP contribution >= 0.6 is 0 Å². The molecule has 0 saturated heterocycles. The first-order valence-corrected chi connectivity index (χ1v) is 12.7. The molecule has 1 aliphatic carbocycles. The summed E-state index contributed by atoms with van der Waals surface area (Å²) in [6, 6.07) is 13.9. The number of aromatic hydroxyl groups is 1. The molecule has 5 aromatic rings. The van der Waals surface area contributed by atoms with Gasteiger partial charge in [0.15, 0.2) is 5.82 Å². The first-order valence-electron chi connectivity index (χ1n) is 12.7. The fraction of sp³-hybridized carbons (Fsp3) is 0.214. The number of ether oxygens (including phenoxy) is 1. The number of carbonyl (C=O) groups is 1. The number of hydrogen-bond donors (Lipinski definition) is 2. The Balaban J connectivity index is 1.24. The predicted molar refractivity (Wildman–Crippen MR) is 141 cm³/mol. The molecule has 202 valence electrons. The van der Waals surface area contributed by atoms with Crippen molar-refractivity contribution < 1.29 is 23.8 Å². The Bertz CT molecular complexity index is 1720. The lowest BCUT2D eigenvalue weighted by molar-refractivity contribution is -0.579. The van der Waals surface area contributed by atoms with E-state index in [9.17, 15) is 19.5 Å². The average molecular weight is 542 g/mol. The van der Waals surface area contributed by atoms with Crippen LogP contribution in [0.3, 0.4) is 0 Å². The minimum Gasteiger partial charge on any atom is -0.618 e. The van der Waals surface area contributed by atoms with E-state index in [1.807, 2.05) is 6.92 Å². The quantitative estimate of drug-likeness (QED) is 0.236. The SMILES string of the molecule is CCOc1ccc(-c2nnc([C@H]3C[C@H](NC(=O)c4ccc5ncc(O)cc5[n+]4[O-])C3)n2-c2ccccc2F)nc1. The lowest BCUT2D eigenvalue weighted by atomic mass is 9.79. The molecule has 0 radical (unpaired) electrons. The second-order valence-corrected chi connectivity index (χ2v) is 9.43. The molecule has 1 saturated carbocycles. The van der Waals surface area contributed by atoms with Crippen LogP contribution in [-0.4, -0.2) is 48.4 Å². The van der Waals surface area contributed by atoms with Gasteiger partial charge in [0.05, 0.1) is 30.8 Å². The number of amides is 1. The molecule has 1 aromatic carbocycles. The molecule has 6 rings (SSSR count). The molecule has 2 N–H and O–H groups in total. The molecule has 0 atom stereocenters. The fourth-order valence-electron chi connectivity index (χ4n) is 4.84. The summed E-state index contributed by atoms with van der Waals surface area (Å²) >= 11 is 0. The molecular weight excluding hydrogens is 517 g/mol. The molecule has 4 heterocycles. The third-order valence-electron chi connectivity index (χ3n) is 6.85. The highest BCUT2D eigenvalue weighted by Gasteiger charge is 2.37. The van der Waals surface area contributed by atoms with Crippen molar-refractivity contribution in [2.24, 2.45) is 0 Å². The Morgan fingerprint density at radius 1 is 1.15 bits per heavy atom. The maximum Gasteiger partial charge on any atom is 0.317 e.